The van der Waals surface area contributed by atoms with Crippen molar-refractivity contribution in [1.82, 2.24) is 20.0 Å². The lowest BCUT2D eigenvalue weighted by molar-refractivity contribution is -0.144. The summed E-state index contributed by atoms with van der Waals surface area (Å²) in [5.41, 5.74) is 1.86. The summed E-state index contributed by atoms with van der Waals surface area (Å²) >= 11 is 6.43. The summed E-state index contributed by atoms with van der Waals surface area (Å²) in [7, 11) is 0. The molecule has 0 saturated carbocycles. The molecule has 0 aliphatic carbocycles. The molecule has 8 heteroatoms. The second-order valence-electron chi connectivity index (χ2n) is 8.66. The number of halogens is 1. The number of carbonyl (C=O) groups is 3. The molecule has 3 aliphatic heterocycles. The predicted molar refractivity (Wildman–Crippen MR) is 118 cm³/mol. The highest BCUT2D eigenvalue weighted by Crippen LogP contribution is 2.39. The molecule has 2 atom stereocenters. The van der Waals surface area contributed by atoms with Gasteiger partial charge in [0, 0.05) is 24.7 Å². The maximum Gasteiger partial charge on any atom is 0.322 e. The van der Waals surface area contributed by atoms with E-state index in [9.17, 15) is 14.4 Å². The molecule has 0 unspecified atom stereocenters. The van der Waals surface area contributed by atoms with E-state index in [4.69, 9.17) is 11.6 Å². The highest BCUT2D eigenvalue weighted by Gasteiger charge is 2.48. The lowest BCUT2D eigenvalue weighted by atomic mass is 9.95. The molecule has 0 radical (unpaired) electrons. The van der Waals surface area contributed by atoms with Gasteiger partial charge in [-0.15, -0.1) is 0 Å². The fourth-order valence-corrected chi connectivity index (χ4v) is 5.16. The van der Waals surface area contributed by atoms with Crippen LogP contribution in [0.15, 0.2) is 35.5 Å². The third-order valence-corrected chi connectivity index (χ3v) is 6.76. The number of likely N-dealkylation sites (N-methyl/N-ethyl adjacent to an activating group) is 1. The van der Waals surface area contributed by atoms with Crippen LogP contribution in [-0.4, -0.2) is 64.8 Å². The van der Waals surface area contributed by atoms with Gasteiger partial charge in [-0.3, -0.25) is 14.5 Å². The first-order valence-corrected chi connectivity index (χ1v) is 11.4. The largest absolute Gasteiger partial charge is 0.341 e. The van der Waals surface area contributed by atoms with Crippen molar-refractivity contribution in [2.24, 2.45) is 5.92 Å². The molecule has 3 aliphatic rings. The molecule has 4 amide bonds. The molecule has 7 nitrogen and oxygen atoms in total. The number of benzene rings is 1. The van der Waals surface area contributed by atoms with Gasteiger partial charge in [0.2, 0.25) is 5.91 Å². The number of likely N-dealkylation sites (tertiary alicyclic amines) is 1. The molecule has 0 bridgehead atoms. The van der Waals surface area contributed by atoms with Gasteiger partial charge in [-0.05, 0) is 37.3 Å². The Labute approximate surface area is 188 Å². The minimum Gasteiger partial charge on any atom is -0.341 e. The summed E-state index contributed by atoms with van der Waals surface area (Å²) in [4.78, 5) is 45.1. The maximum absolute atomic E-state index is 13.7. The zero-order valence-electron chi connectivity index (χ0n) is 18.2. The maximum atomic E-state index is 13.7. The Kier molecular flexibility index (Phi) is 5.97. The van der Waals surface area contributed by atoms with Crippen LogP contribution in [0.1, 0.15) is 45.2 Å². The summed E-state index contributed by atoms with van der Waals surface area (Å²) in [6, 6.07) is 5.78. The van der Waals surface area contributed by atoms with Gasteiger partial charge in [0.1, 0.15) is 6.04 Å². The van der Waals surface area contributed by atoms with Gasteiger partial charge < -0.3 is 15.1 Å². The molecular weight excluding hydrogens is 416 g/mol. The average Bonchev–Trinajstić information content (AvgIpc) is 3.37. The van der Waals surface area contributed by atoms with E-state index in [0.29, 0.717) is 28.4 Å². The second-order valence-corrected chi connectivity index (χ2v) is 9.07. The smallest absolute Gasteiger partial charge is 0.322 e. The van der Waals surface area contributed by atoms with Crippen LogP contribution in [0.2, 0.25) is 5.02 Å². The molecule has 4 rings (SSSR count). The van der Waals surface area contributed by atoms with Crippen molar-refractivity contribution >= 4 is 29.4 Å². The molecule has 3 heterocycles. The standard InChI is InChI=1S/C23H29ClN4O3/c1-4-27-17-13-28(20(14(2)3)22(30)26-11-7-8-12-26)21(29)18(17)19(25-23(27)31)15-9-5-6-10-16(15)24/h5-6,9-10,14,19-20H,4,7-8,11-13H2,1-3H3,(H,25,31)/t19-,20-/m0/s1. The monoisotopic (exact) mass is 444 g/mol. The Morgan fingerprint density at radius 1 is 1.19 bits per heavy atom. The lowest BCUT2D eigenvalue weighted by Crippen LogP contribution is -2.52. The number of urea groups is 1. The van der Waals surface area contributed by atoms with Crippen LogP contribution in [0.4, 0.5) is 4.79 Å². The van der Waals surface area contributed by atoms with Gasteiger partial charge in [-0.2, -0.15) is 0 Å². The minimum absolute atomic E-state index is 0.00248. The topological polar surface area (TPSA) is 73.0 Å². The van der Waals surface area contributed by atoms with E-state index in [1.807, 2.05) is 43.9 Å². The summed E-state index contributed by atoms with van der Waals surface area (Å²) in [6.07, 6.45) is 1.99. The summed E-state index contributed by atoms with van der Waals surface area (Å²) in [5, 5.41) is 3.44. The van der Waals surface area contributed by atoms with E-state index >= 15 is 0 Å². The van der Waals surface area contributed by atoms with Crippen LogP contribution >= 0.6 is 11.6 Å². The van der Waals surface area contributed by atoms with E-state index in [2.05, 4.69) is 5.32 Å². The first-order valence-electron chi connectivity index (χ1n) is 11.0. The van der Waals surface area contributed by atoms with Crippen LogP contribution in [0.3, 0.4) is 0 Å². The molecule has 1 fully saturated rings. The Balaban J connectivity index is 1.73. The van der Waals surface area contributed by atoms with E-state index in [1.165, 1.54) is 0 Å². The van der Waals surface area contributed by atoms with E-state index in [1.54, 1.807) is 15.9 Å². The number of carbonyl (C=O) groups excluding carboxylic acids is 3. The fraction of sp³-hybridized carbons (Fsp3) is 0.522. The molecule has 1 N–H and O–H groups in total. The zero-order valence-corrected chi connectivity index (χ0v) is 19.0. The van der Waals surface area contributed by atoms with Gasteiger partial charge in [-0.1, -0.05) is 43.6 Å². The molecule has 1 aromatic rings. The Morgan fingerprint density at radius 2 is 1.87 bits per heavy atom. The number of hydrogen-bond donors (Lipinski definition) is 1. The van der Waals surface area contributed by atoms with E-state index in [-0.39, 0.29) is 30.3 Å². The first kappa shape index (κ1) is 21.7. The second kappa shape index (κ2) is 8.54. The van der Waals surface area contributed by atoms with Gasteiger partial charge >= 0.3 is 6.03 Å². The van der Waals surface area contributed by atoms with Crippen molar-refractivity contribution in [3.63, 3.8) is 0 Å². The average molecular weight is 445 g/mol. The Morgan fingerprint density at radius 3 is 2.48 bits per heavy atom. The third kappa shape index (κ3) is 3.69. The van der Waals surface area contributed by atoms with Crippen molar-refractivity contribution in [3.05, 3.63) is 46.1 Å². The van der Waals surface area contributed by atoms with Crippen LogP contribution in [-0.2, 0) is 9.59 Å². The Hall–Kier alpha value is -2.54. The summed E-state index contributed by atoms with van der Waals surface area (Å²) < 4.78 is 0. The summed E-state index contributed by atoms with van der Waals surface area (Å²) in [5.74, 6) is -0.252. The number of nitrogens with zero attached hydrogens (tertiary/aromatic N) is 3. The molecular formula is C23H29ClN4O3. The quantitative estimate of drug-likeness (QED) is 0.758. The van der Waals surface area contributed by atoms with E-state index < -0.39 is 12.1 Å². The first-order chi connectivity index (χ1) is 14.8. The highest BCUT2D eigenvalue weighted by atomic mass is 35.5. The normalized spacial score (nSPS) is 22.4. The molecule has 31 heavy (non-hydrogen) atoms. The van der Waals surface area contributed by atoms with Crippen molar-refractivity contribution in [3.8, 4) is 0 Å². The molecule has 0 aromatic heterocycles. The Bertz CT molecular complexity index is 939. The van der Waals surface area contributed by atoms with Crippen LogP contribution in [0.5, 0.6) is 0 Å². The lowest BCUT2D eigenvalue weighted by Gasteiger charge is -2.33. The van der Waals surface area contributed by atoms with Gasteiger partial charge in [0.25, 0.3) is 5.91 Å². The van der Waals surface area contributed by atoms with Crippen molar-refractivity contribution in [1.29, 1.82) is 0 Å². The number of nitrogens with one attached hydrogen (secondary N) is 1. The number of amides is 4. The summed E-state index contributed by atoms with van der Waals surface area (Å²) in [6.45, 7) is 7.97. The fourth-order valence-electron chi connectivity index (χ4n) is 4.92. The minimum atomic E-state index is -0.633. The molecule has 1 saturated heterocycles. The van der Waals surface area contributed by atoms with Crippen LogP contribution in [0.25, 0.3) is 0 Å². The molecule has 166 valence electrons. The molecule has 1 aromatic carbocycles. The van der Waals surface area contributed by atoms with Gasteiger partial charge in [-0.25, -0.2) is 4.79 Å². The van der Waals surface area contributed by atoms with Gasteiger partial charge in [0.05, 0.1) is 23.9 Å². The van der Waals surface area contributed by atoms with Crippen LogP contribution < -0.4 is 5.32 Å². The number of hydrogen-bond acceptors (Lipinski definition) is 3. The van der Waals surface area contributed by atoms with Crippen LogP contribution in [0, 0.1) is 5.92 Å². The third-order valence-electron chi connectivity index (χ3n) is 6.42. The van der Waals surface area contributed by atoms with Crippen molar-refractivity contribution in [2.75, 3.05) is 26.2 Å². The predicted octanol–water partition coefficient (Wildman–Crippen LogP) is 3.17. The van der Waals surface area contributed by atoms with E-state index in [0.717, 1.165) is 25.9 Å². The highest BCUT2D eigenvalue weighted by molar-refractivity contribution is 6.31. The molecule has 0 spiro atoms. The van der Waals surface area contributed by atoms with Crippen molar-refractivity contribution in [2.45, 2.75) is 45.7 Å². The van der Waals surface area contributed by atoms with Crippen molar-refractivity contribution < 1.29 is 14.4 Å². The van der Waals surface area contributed by atoms with Gasteiger partial charge in [0.15, 0.2) is 0 Å². The number of rotatable bonds is 5. The zero-order chi connectivity index (χ0) is 22.3. The SMILES string of the molecule is CCN1C(=O)N[C@@H](c2ccccc2Cl)C2=C1CN([C@H](C(=O)N1CCCC1)C(C)C)C2=O.